The maximum Gasteiger partial charge on any atom is 0.266 e. The number of rotatable bonds is 7. The van der Waals surface area contributed by atoms with Gasteiger partial charge in [0.15, 0.2) is 5.16 Å². The summed E-state index contributed by atoms with van der Waals surface area (Å²) in [5, 5.41) is 3.72. The first-order valence-corrected chi connectivity index (χ1v) is 12.1. The van der Waals surface area contributed by atoms with Gasteiger partial charge in [-0.15, -0.1) is 0 Å². The number of fused-ring (bicyclic) bond motifs is 1. The van der Waals surface area contributed by atoms with Crippen molar-refractivity contribution < 1.29 is 9.59 Å². The number of benzene rings is 3. The highest BCUT2D eigenvalue weighted by Gasteiger charge is 2.18. The number of aryl methyl sites for hydroxylation is 2. The number of para-hydroxylation sites is 1. The molecule has 178 valence electrons. The molecule has 0 aliphatic rings. The highest BCUT2D eigenvalue weighted by Crippen LogP contribution is 2.22. The molecule has 0 aliphatic carbocycles. The number of carbonyl (C=O) groups excluding carboxylic acids is 2. The fourth-order valence-corrected chi connectivity index (χ4v) is 4.46. The number of likely N-dealkylation sites (N-methyl/N-ethyl adjacent to an activating group) is 1. The molecule has 0 saturated heterocycles. The summed E-state index contributed by atoms with van der Waals surface area (Å²) in [6.07, 6.45) is 0. The lowest BCUT2D eigenvalue weighted by atomic mass is 10.2. The third-order valence-corrected chi connectivity index (χ3v) is 6.43. The Hall–Kier alpha value is -3.91. The van der Waals surface area contributed by atoms with E-state index in [1.807, 2.05) is 68.4 Å². The van der Waals surface area contributed by atoms with Gasteiger partial charge in [0.1, 0.15) is 0 Å². The molecule has 3 aromatic carbocycles. The van der Waals surface area contributed by atoms with Crippen molar-refractivity contribution in [3.63, 3.8) is 0 Å². The molecule has 2 amide bonds. The smallest absolute Gasteiger partial charge is 0.266 e. The van der Waals surface area contributed by atoms with Crippen molar-refractivity contribution in [3.8, 4) is 5.69 Å². The Morgan fingerprint density at radius 3 is 2.26 bits per heavy atom. The van der Waals surface area contributed by atoms with Gasteiger partial charge in [0, 0.05) is 12.7 Å². The lowest BCUT2D eigenvalue weighted by molar-refractivity contribution is -0.131. The van der Waals surface area contributed by atoms with Crippen molar-refractivity contribution in [3.05, 3.63) is 94.3 Å². The number of hydrogen-bond acceptors (Lipinski definition) is 5. The molecule has 1 aromatic heterocycles. The first-order valence-electron chi connectivity index (χ1n) is 11.1. The second-order valence-corrected chi connectivity index (χ2v) is 9.28. The van der Waals surface area contributed by atoms with Gasteiger partial charge in [-0.25, -0.2) is 4.98 Å². The van der Waals surface area contributed by atoms with Crippen LogP contribution in [0.4, 0.5) is 5.69 Å². The molecule has 4 rings (SSSR count). The molecule has 0 unspecified atom stereocenters. The Morgan fingerprint density at radius 1 is 0.943 bits per heavy atom. The van der Waals surface area contributed by atoms with E-state index in [1.165, 1.54) is 21.2 Å². The second kappa shape index (κ2) is 10.6. The van der Waals surface area contributed by atoms with Crippen LogP contribution in [0.25, 0.3) is 16.6 Å². The normalized spacial score (nSPS) is 10.8. The number of aromatic nitrogens is 2. The Morgan fingerprint density at radius 2 is 1.57 bits per heavy atom. The third-order valence-electron chi connectivity index (χ3n) is 5.50. The molecule has 0 fully saturated rings. The number of nitrogens with one attached hydrogen (secondary N) is 1. The van der Waals surface area contributed by atoms with Gasteiger partial charge >= 0.3 is 0 Å². The van der Waals surface area contributed by atoms with Crippen LogP contribution >= 0.6 is 11.8 Å². The van der Waals surface area contributed by atoms with E-state index < -0.39 is 0 Å². The fraction of sp³-hybridized carbons (Fsp3) is 0.185. The standard InChI is InChI=1S/C27H26N4O3S/c1-18-8-12-20(13-9-18)28-24(32)16-30(3)25(33)17-35-27-29-23-7-5-4-6-22(23)26(34)31(27)21-14-10-19(2)11-15-21/h4-15H,16-17H2,1-3H3,(H,28,32). The fourth-order valence-electron chi connectivity index (χ4n) is 3.51. The Labute approximate surface area is 207 Å². The summed E-state index contributed by atoms with van der Waals surface area (Å²) in [5.41, 5.74) is 3.91. The van der Waals surface area contributed by atoms with Crippen LogP contribution < -0.4 is 10.9 Å². The molecule has 7 nitrogen and oxygen atoms in total. The monoisotopic (exact) mass is 486 g/mol. The summed E-state index contributed by atoms with van der Waals surface area (Å²) in [6, 6.07) is 22.2. The second-order valence-electron chi connectivity index (χ2n) is 8.34. The van der Waals surface area contributed by atoms with Gasteiger partial charge in [0.05, 0.1) is 28.9 Å². The minimum atomic E-state index is -0.282. The largest absolute Gasteiger partial charge is 0.336 e. The number of nitrogens with zero attached hydrogens (tertiary/aromatic N) is 3. The minimum Gasteiger partial charge on any atom is -0.336 e. The average molecular weight is 487 g/mol. The summed E-state index contributed by atoms with van der Waals surface area (Å²) in [4.78, 5) is 44.5. The summed E-state index contributed by atoms with van der Waals surface area (Å²) >= 11 is 1.17. The predicted molar refractivity (Wildman–Crippen MR) is 140 cm³/mol. The number of amides is 2. The zero-order valence-corrected chi connectivity index (χ0v) is 20.6. The van der Waals surface area contributed by atoms with E-state index >= 15 is 0 Å². The van der Waals surface area contributed by atoms with Crippen LogP contribution in [0.1, 0.15) is 11.1 Å². The maximum absolute atomic E-state index is 13.3. The van der Waals surface area contributed by atoms with E-state index in [2.05, 4.69) is 10.3 Å². The summed E-state index contributed by atoms with van der Waals surface area (Å²) in [7, 11) is 1.58. The molecular formula is C27H26N4O3S. The molecule has 0 radical (unpaired) electrons. The molecule has 0 atom stereocenters. The first kappa shape index (κ1) is 24.2. The quantitative estimate of drug-likeness (QED) is 0.313. The topological polar surface area (TPSA) is 84.3 Å². The van der Waals surface area contributed by atoms with Crippen LogP contribution in [-0.4, -0.2) is 45.6 Å². The molecule has 35 heavy (non-hydrogen) atoms. The summed E-state index contributed by atoms with van der Waals surface area (Å²) in [5.74, 6) is -0.493. The van der Waals surface area contributed by atoms with Crippen molar-refractivity contribution in [1.29, 1.82) is 0 Å². The molecular weight excluding hydrogens is 460 g/mol. The van der Waals surface area contributed by atoms with E-state index in [0.29, 0.717) is 27.4 Å². The van der Waals surface area contributed by atoms with Crippen molar-refractivity contribution in [1.82, 2.24) is 14.5 Å². The number of anilines is 1. The van der Waals surface area contributed by atoms with E-state index in [9.17, 15) is 14.4 Å². The van der Waals surface area contributed by atoms with E-state index in [-0.39, 0.29) is 29.7 Å². The van der Waals surface area contributed by atoms with E-state index in [1.54, 1.807) is 25.2 Å². The lowest BCUT2D eigenvalue weighted by Gasteiger charge is -2.18. The van der Waals surface area contributed by atoms with Crippen molar-refractivity contribution >= 4 is 40.2 Å². The van der Waals surface area contributed by atoms with Crippen molar-refractivity contribution in [2.24, 2.45) is 0 Å². The summed E-state index contributed by atoms with van der Waals surface area (Å²) in [6.45, 7) is 3.87. The zero-order chi connectivity index (χ0) is 24.9. The average Bonchev–Trinajstić information content (AvgIpc) is 2.85. The molecule has 1 N–H and O–H groups in total. The lowest BCUT2D eigenvalue weighted by Crippen LogP contribution is -2.36. The van der Waals surface area contributed by atoms with Gasteiger partial charge in [0.25, 0.3) is 5.56 Å². The zero-order valence-electron chi connectivity index (χ0n) is 19.8. The van der Waals surface area contributed by atoms with Crippen LogP contribution in [0.5, 0.6) is 0 Å². The van der Waals surface area contributed by atoms with Crippen LogP contribution in [0.2, 0.25) is 0 Å². The van der Waals surface area contributed by atoms with Crippen LogP contribution in [-0.2, 0) is 9.59 Å². The van der Waals surface area contributed by atoms with Gasteiger partial charge in [0.2, 0.25) is 11.8 Å². The van der Waals surface area contributed by atoms with E-state index in [4.69, 9.17) is 0 Å². The highest BCUT2D eigenvalue weighted by molar-refractivity contribution is 7.99. The Balaban J connectivity index is 1.50. The maximum atomic E-state index is 13.3. The minimum absolute atomic E-state index is 0.0327. The van der Waals surface area contributed by atoms with Gasteiger partial charge in [-0.05, 0) is 50.2 Å². The number of hydrogen-bond donors (Lipinski definition) is 1. The highest BCUT2D eigenvalue weighted by atomic mass is 32.2. The number of carbonyl (C=O) groups is 2. The third kappa shape index (κ3) is 5.78. The van der Waals surface area contributed by atoms with Crippen molar-refractivity contribution in [2.45, 2.75) is 19.0 Å². The van der Waals surface area contributed by atoms with Crippen LogP contribution in [0.3, 0.4) is 0 Å². The van der Waals surface area contributed by atoms with Gasteiger partial charge in [-0.2, -0.15) is 0 Å². The Kier molecular flexibility index (Phi) is 7.31. The number of thioether (sulfide) groups is 1. The van der Waals surface area contributed by atoms with Gasteiger partial charge < -0.3 is 10.2 Å². The molecule has 0 bridgehead atoms. The molecule has 0 aliphatic heterocycles. The molecule has 1 heterocycles. The van der Waals surface area contributed by atoms with Crippen LogP contribution in [0, 0.1) is 13.8 Å². The van der Waals surface area contributed by atoms with Gasteiger partial charge in [-0.1, -0.05) is 59.3 Å². The SMILES string of the molecule is Cc1ccc(NC(=O)CN(C)C(=O)CSc2nc3ccccc3c(=O)n2-c2ccc(C)cc2)cc1. The molecule has 0 saturated carbocycles. The van der Waals surface area contributed by atoms with Gasteiger partial charge in [-0.3, -0.25) is 19.0 Å². The van der Waals surface area contributed by atoms with E-state index in [0.717, 1.165) is 11.1 Å². The molecule has 8 heteroatoms. The molecule has 0 spiro atoms. The Bertz CT molecular complexity index is 1430. The predicted octanol–water partition coefficient (Wildman–Crippen LogP) is 4.19. The molecule has 4 aromatic rings. The van der Waals surface area contributed by atoms with Crippen molar-refractivity contribution in [2.75, 3.05) is 24.7 Å². The first-order chi connectivity index (χ1) is 16.8. The van der Waals surface area contributed by atoms with Crippen LogP contribution in [0.15, 0.2) is 82.7 Å². The summed E-state index contributed by atoms with van der Waals surface area (Å²) < 4.78 is 1.53.